The quantitative estimate of drug-likeness (QED) is 0.577. The standard InChI is InChI=1S/C10H22NO/c1-4-5-6-11(7-8-12)9-10(2)3/h10H,4-9H2,1-3H3. The van der Waals surface area contributed by atoms with Crippen LogP contribution in [-0.2, 0) is 5.11 Å². The molecule has 0 aromatic carbocycles. The molecule has 0 amide bonds. The van der Waals surface area contributed by atoms with Crippen LogP contribution >= 0.6 is 0 Å². The molecule has 0 aromatic heterocycles. The average Bonchev–Trinajstić information content (AvgIpc) is 2.00. The van der Waals surface area contributed by atoms with Gasteiger partial charge in [0.05, 0.1) is 6.61 Å². The Morgan fingerprint density at radius 2 is 1.92 bits per heavy atom. The molecular weight excluding hydrogens is 150 g/mol. The molecule has 0 saturated carbocycles. The van der Waals surface area contributed by atoms with E-state index in [4.69, 9.17) is 0 Å². The Morgan fingerprint density at radius 3 is 2.33 bits per heavy atom. The lowest BCUT2D eigenvalue weighted by molar-refractivity contribution is 0.132. The van der Waals surface area contributed by atoms with Crippen LogP contribution in [-0.4, -0.2) is 31.1 Å². The lowest BCUT2D eigenvalue weighted by atomic mass is 10.2. The summed E-state index contributed by atoms with van der Waals surface area (Å²) in [6.45, 7) is 9.51. The van der Waals surface area contributed by atoms with Crippen molar-refractivity contribution in [1.29, 1.82) is 0 Å². The molecule has 0 N–H and O–H groups in total. The van der Waals surface area contributed by atoms with E-state index in [9.17, 15) is 5.11 Å². The Kier molecular flexibility index (Phi) is 7.51. The van der Waals surface area contributed by atoms with Gasteiger partial charge in [-0.05, 0) is 18.9 Å². The van der Waals surface area contributed by atoms with Crippen LogP contribution in [0.15, 0.2) is 0 Å². The third kappa shape index (κ3) is 6.62. The van der Waals surface area contributed by atoms with Crippen molar-refractivity contribution in [2.75, 3.05) is 26.2 Å². The number of hydrogen-bond acceptors (Lipinski definition) is 1. The molecule has 0 fully saturated rings. The van der Waals surface area contributed by atoms with Crippen molar-refractivity contribution < 1.29 is 5.11 Å². The van der Waals surface area contributed by atoms with E-state index in [0.717, 1.165) is 19.6 Å². The maximum atomic E-state index is 10.4. The summed E-state index contributed by atoms with van der Waals surface area (Å²) in [4.78, 5) is 2.28. The van der Waals surface area contributed by atoms with Crippen LogP contribution in [0.2, 0.25) is 0 Å². The van der Waals surface area contributed by atoms with Crippen molar-refractivity contribution in [2.24, 2.45) is 5.92 Å². The zero-order valence-corrected chi connectivity index (χ0v) is 8.68. The van der Waals surface area contributed by atoms with Crippen molar-refractivity contribution in [1.82, 2.24) is 4.90 Å². The van der Waals surface area contributed by atoms with Gasteiger partial charge in [-0.25, -0.2) is 5.11 Å². The molecule has 0 aliphatic rings. The van der Waals surface area contributed by atoms with E-state index in [1.54, 1.807) is 0 Å². The summed E-state index contributed by atoms with van der Waals surface area (Å²) in [6.07, 6.45) is 2.43. The highest BCUT2D eigenvalue weighted by atomic mass is 16.3. The van der Waals surface area contributed by atoms with Crippen LogP contribution in [0.1, 0.15) is 33.6 Å². The van der Waals surface area contributed by atoms with Gasteiger partial charge in [-0.2, -0.15) is 0 Å². The van der Waals surface area contributed by atoms with Gasteiger partial charge in [0.25, 0.3) is 0 Å². The molecule has 0 spiro atoms. The summed E-state index contributed by atoms with van der Waals surface area (Å²) < 4.78 is 0. The van der Waals surface area contributed by atoms with Gasteiger partial charge in [0.2, 0.25) is 0 Å². The number of rotatable bonds is 7. The van der Waals surface area contributed by atoms with Crippen LogP contribution in [0.5, 0.6) is 0 Å². The third-order valence-corrected chi connectivity index (χ3v) is 1.86. The summed E-state index contributed by atoms with van der Waals surface area (Å²) >= 11 is 0. The summed E-state index contributed by atoms with van der Waals surface area (Å²) in [5, 5.41) is 10.4. The van der Waals surface area contributed by atoms with Gasteiger partial charge in [-0.3, -0.25) is 0 Å². The summed E-state index contributed by atoms with van der Waals surface area (Å²) in [5.74, 6) is 0.674. The molecule has 1 radical (unpaired) electrons. The van der Waals surface area contributed by atoms with Crippen LogP contribution in [0.3, 0.4) is 0 Å². The van der Waals surface area contributed by atoms with Crippen LogP contribution < -0.4 is 0 Å². The van der Waals surface area contributed by atoms with Gasteiger partial charge in [0.1, 0.15) is 0 Å². The maximum Gasteiger partial charge on any atom is 0.0949 e. The van der Waals surface area contributed by atoms with Gasteiger partial charge in [0, 0.05) is 13.1 Å². The molecule has 0 atom stereocenters. The molecule has 2 heteroatoms. The molecule has 0 bridgehead atoms. The van der Waals surface area contributed by atoms with Crippen LogP contribution in [0.4, 0.5) is 0 Å². The molecule has 73 valence electrons. The Bertz CT molecular complexity index is 93.8. The van der Waals surface area contributed by atoms with Gasteiger partial charge >= 0.3 is 0 Å². The lowest BCUT2D eigenvalue weighted by Crippen LogP contribution is -2.31. The number of nitrogens with zero attached hydrogens (tertiary/aromatic N) is 1. The van der Waals surface area contributed by atoms with Crippen LogP contribution in [0.25, 0.3) is 0 Å². The average molecular weight is 172 g/mol. The molecule has 0 heterocycles. The summed E-state index contributed by atoms with van der Waals surface area (Å²) in [6, 6.07) is 0. The minimum absolute atomic E-state index is 0.0381. The van der Waals surface area contributed by atoms with Crippen molar-refractivity contribution in [3.63, 3.8) is 0 Å². The second kappa shape index (κ2) is 7.56. The van der Waals surface area contributed by atoms with E-state index in [2.05, 4.69) is 25.7 Å². The van der Waals surface area contributed by atoms with E-state index >= 15 is 0 Å². The lowest BCUT2D eigenvalue weighted by Gasteiger charge is -2.22. The predicted molar refractivity (Wildman–Crippen MR) is 51.7 cm³/mol. The monoisotopic (exact) mass is 172 g/mol. The van der Waals surface area contributed by atoms with Crippen molar-refractivity contribution in [3.05, 3.63) is 0 Å². The minimum Gasteiger partial charge on any atom is -0.301 e. The van der Waals surface area contributed by atoms with Gasteiger partial charge in [-0.1, -0.05) is 27.2 Å². The molecule has 0 aromatic rings. The second-order valence-electron chi connectivity index (χ2n) is 3.75. The van der Waals surface area contributed by atoms with E-state index in [-0.39, 0.29) is 6.61 Å². The first kappa shape index (κ1) is 11.9. The fraction of sp³-hybridized carbons (Fsp3) is 1.00. The third-order valence-electron chi connectivity index (χ3n) is 1.86. The molecule has 2 nitrogen and oxygen atoms in total. The van der Waals surface area contributed by atoms with Crippen molar-refractivity contribution >= 4 is 0 Å². The molecule has 0 aliphatic carbocycles. The van der Waals surface area contributed by atoms with Gasteiger partial charge < -0.3 is 4.90 Å². The van der Waals surface area contributed by atoms with Gasteiger partial charge in [0.15, 0.2) is 0 Å². The Hall–Kier alpha value is -0.0800. The van der Waals surface area contributed by atoms with Crippen LogP contribution in [0, 0.1) is 5.92 Å². The highest BCUT2D eigenvalue weighted by Gasteiger charge is 2.05. The van der Waals surface area contributed by atoms with Crippen molar-refractivity contribution in [2.45, 2.75) is 33.6 Å². The zero-order chi connectivity index (χ0) is 9.40. The fourth-order valence-corrected chi connectivity index (χ4v) is 1.32. The second-order valence-corrected chi connectivity index (χ2v) is 3.75. The first-order valence-corrected chi connectivity index (χ1v) is 5.01. The topological polar surface area (TPSA) is 23.1 Å². The Morgan fingerprint density at radius 1 is 1.25 bits per heavy atom. The SMILES string of the molecule is CCCCN(CC[O])CC(C)C. The molecule has 0 unspecified atom stereocenters. The molecule has 0 rings (SSSR count). The van der Waals surface area contributed by atoms with E-state index < -0.39 is 0 Å². The minimum atomic E-state index is 0.0381. The summed E-state index contributed by atoms with van der Waals surface area (Å²) in [5.41, 5.74) is 0. The molecule has 12 heavy (non-hydrogen) atoms. The number of unbranched alkanes of at least 4 members (excludes halogenated alkanes) is 1. The number of hydrogen-bond donors (Lipinski definition) is 0. The first-order valence-electron chi connectivity index (χ1n) is 5.01. The van der Waals surface area contributed by atoms with Gasteiger partial charge in [-0.15, -0.1) is 0 Å². The van der Waals surface area contributed by atoms with E-state index in [1.165, 1.54) is 12.8 Å². The zero-order valence-electron chi connectivity index (χ0n) is 8.68. The highest BCUT2D eigenvalue weighted by Crippen LogP contribution is 2.00. The molecule has 0 aliphatic heterocycles. The predicted octanol–water partition coefficient (Wildman–Crippen LogP) is 2.17. The Balaban J connectivity index is 3.54. The first-order chi connectivity index (χ1) is 5.70. The normalized spacial score (nSPS) is 11.5. The largest absolute Gasteiger partial charge is 0.301 e. The fourth-order valence-electron chi connectivity index (χ4n) is 1.32. The maximum absolute atomic E-state index is 10.4. The smallest absolute Gasteiger partial charge is 0.0949 e. The highest BCUT2D eigenvalue weighted by molar-refractivity contribution is 4.59. The van der Waals surface area contributed by atoms with E-state index in [1.807, 2.05) is 0 Å². The summed E-state index contributed by atoms with van der Waals surface area (Å²) in [7, 11) is 0. The molecular formula is C10H22NO. The van der Waals surface area contributed by atoms with E-state index in [0.29, 0.717) is 5.92 Å². The Labute approximate surface area is 76.6 Å². The van der Waals surface area contributed by atoms with Crippen molar-refractivity contribution in [3.8, 4) is 0 Å². The molecule has 0 saturated heterocycles.